The molecule has 1 fully saturated rings. The molecule has 1 saturated carbocycles. The van der Waals surface area contributed by atoms with E-state index in [0.29, 0.717) is 5.82 Å². The summed E-state index contributed by atoms with van der Waals surface area (Å²) >= 11 is 0. The third-order valence-electron chi connectivity index (χ3n) is 4.92. The zero-order chi connectivity index (χ0) is 19.0. The minimum atomic E-state index is -1.26. The Kier molecular flexibility index (Phi) is 5.03. The van der Waals surface area contributed by atoms with Crippen LogP contribution in [0.1, 0.15) is 18.1 Å². The highest BCUT2D eigenvalue weighted by molar-refractivity contribution is 5.46. The van der Waals surface area contributed by atoms with E-state index in [0.717, 1.165) is 12.1 Å². The van der Waals surface area contributed by atoms with Crippen molar-refractivity contribution in [2.75, 3.05) is 17.7 Å². The number of nitrogen functional groups attached to an aromatic ring is 1. The van der Waals surface area contributed by atoms with Crippen LogP contribution >= 0.6 is 0 Å². The molecule has 0 amide bonds. The van der Waals surface area contributed by atoms with Crippen LogP contribution in [0.25, 0.3) is 0 Å². The van der Waals surface area contributed by atoms with Crippen LogP contribution in [0.5, 0.6) is 0 Å². The largest absolute Gasteiger partial charge is 0.390 e. The van der Waals surface area contributed by atoms with Crippen molar-refractivity contribution in [3.63, 3.8) is 0 Å². The Morgan fingerprint density at radius 1 is 1.15 bits per heavy atom. The van der Waals surface area contributed by atoms with Crippen LogP contribution < -0.4 is 10.6 Å². The number of benzene rings is 1. The lowest BCUT2D eigenvalue weighted by Crippen LogP contribution is -2.41. The van der Waals surface area contributed by atoms with Crippen molar-refractivity contribution >= 4 is 11.6 Å². The molecule has 1 aromatic carbocycles. The van der Waals surface area contributed by atoms with Crippen LogP contribution in [0.15, 0.2) is 30.6 Å². The monoisotopic (exact) mass is 366 g/mol. The fourth-order valence-electron chi connectivity index (χ4n) is 3.41. The lowest BCUT2D eigenvalue weighted by Gasteiger charge is -2.28. The number of nitrogens with two attached hydrogens (primary N) is 1. The molecular weight excluding hydrogens is 346 g/mol. The molecule has 5 N–H and O–H groups in total. The molecule has 0 aliphatic heterocycles. The van der Waals surface area contributed by atoms with E-state index in [1.807, 2.05) is 0 Å². The summed E-state index contributed by atoms with van der Waals surface area (Å²) in [5.41, 5.74) is 5.77. The first-order chi connectivity index (χ1) is 12.3. The van der Waals surface area contributed by atoms with E-state index in [1.54, 1.807) is 11.9 Å². The van der Waals surface area contributed by atoms with Gasteiger partial charge >= 0.3 is 0 Å². The molecule has 1 aromatic heterocycles. The Bertz CT molecular complexity index is 794. The van der Waals surface area contributed by atoms with Crippen molar-refractivity contribution in [1.29, 1.82) is 0 Å². The number of hydrogen-bond acceptors (Lipinski definition) is 7. The third-order valence-corrected chi connectivity index (χ3v) is 4.92. The van der Waals surface area contributed by atoms with Gasteiger partial charge in [-0.05, 0) is 24.1 Å². The molecule has 2 aromatic rings. The van der Waals surface area contributed by atoms with E-state index < -0.39 is 41.9 Å². The molecule has 1 aliphatic rings. The van der Waals surface area contributed by atoms with Crippen LogP contribution in [-0.2, 0) is 0 Å². The lowest BCUT2D eigenvalue weighted by atomic mass is 9.92. The smallest absolute Gasteiger partial charge is 0.159 e. The second-order valence-corrected chi connectivity index (χ2v) is 6.48. The van der Waals surface area contributed by atoms with Gasteiger partial charge < -0.3 is 26.0 Å². The number of rotatable bonds is 4. The summed E-state index contributed by atoms with van der Waals surface area (Å²) < 4.78 is 26.5. The van der Waals surface area contributed by atoms with Crippen molar-refractivity contribution in [2.24, 2.45) is 5.92 Å². The maximum absolute atomic E-state index is 13.4. The zero-order valence-corrected chi connectivity index (χ0v) is 14.0. The van der Waals surface area contributed by atoms with Crippen molar-refractivity contribution in [1.82, 2.24) is 9.97 Å². The highest BCUT2D eigenvalue weighted by atomic mass is 19.2. The molecule has 0 radical (unpaired) electrons. The molecule has 1 aliphatic carbocycles. The van der Waals surface area contributed by atoms with Crippen LogP contribution in [0.4, 0.5) is 20.4 Å². The first-order valence-electron chi connectivity index (χ1n) is 8.09. The minimum absolute atomic E-state index is 0.134. The Labute approximate surface area is 148 Å². The molecule has 0 saturated heterocycles. The van der Waals surface area contributed by atoms with Gasteiger partial charge in [-0.3, -0.25) is 0 Å². The lowest BCUT2D eigenvalue weighted by molar-refractivity contribution is -0.0232. The Balaban J connectivity index is 1.81. The molecular formula is C17H20F2N4O3. The van der Waals surface area contributed by atoms with Gasteiger partial charge in [-0.15, -0.1) is 0 Å². The number of aromatic nitrogens is 2. The van der Waals surface area contributed by atoms with Gasteiger partial charge in [-0.1, -0.05) is 6.07 Å². The first kappa shape index (κ1) is 18.4. The highest BCUT2D eigenvalue weighted by Gasteiger charge is 2.47. The Morgan fingerprint density at radius 3 is 2.54 bits per heavy atom. The fourth-order valence-corrected chi connectivity index (χ4v) is 3.41. The summed E-state index contributed by atoms with van der Waals surface area (Å²) in [5, 5.41) is 31.3. The molecule has 9 heteroatoms. The predicted molar refractivity (Wildman–Crippen MR) is 90.1 cm³/mol. The third kappa shape index (κ3) is 3.33. The van der Waals surface area contributed by atoms with E-state index >= 15 is 0 Å². The molecule has 0 spiro atoms. The summed E-state index contributed by atoms with van der Waals surface area (Å²) in [6, 6.07) is 4.03. The van der Waals surface area contributed by atoms with Crippen LogP contribution in [0.3, 0.4) is 0 Å². The van der Waals surface area contributed by atoms with E-state index in [2.05, 4.69) is 9.97 Å². The summed E-state index contributed by atoms with van der Waals surface area (Å²) in [4.78, 5) is 9.53. The van der Waals surface area contributed by atoms with Gasteiger partial charge in [0.05, 0.1) is 18.2 Å². The predicted octanol–water partition coefficient (Wildman–Crippen LogP) is 0.617. The average Bonchev–Trinajstić information content (AvgIpc) is 2.91. The Morgan fingerprint density at radius 2 is 1.88 bits per heavy atom. The number of aliphatic hydroxyl groups is 3. The number of aliphatic hydroxyl groups excluding tert-OH is 3. The number of halogens is 2. The molecule has 0 unspecified atom stereocenters. The second-order valence-electron chi connectivity index (χ2n) is 6.48. The van der Waals surface area contributed by atoms with E-state index in [9.17, 15) is 24.1 Å². The van der Waals surface area contributed by atoms with Crippen LogP contribution in [0, 0.1) is 17.6 Å². The van der Waals surface area contributed by atoms with E-state index in [1.165, 1.54) is 18.5 Å². The topological polar surface area (TPSA) is 116 Å². The molecule has 140 valence electrons. The van der Waals surface area contributed by atoms with Crippen molar-refractivity contribution in [3.05, 3.63) is 47.8 Å². The normalized spacial score (nSPS) is 26.7. The number of anilines is 2. The Hall–Kier alpha value is -2.36. The molecule has 26 heavy (non-hydrogen) atoms. The van der Waals surface area contributed by atoms with Gasteiger partial charge in [0.2, 0.25) is 0 Å². The van der Waals surface area contributed by atoms with E-state index in [4.69, 9.17) is 5.73 Å². The van der Waals surface area contributed by atoms with Gasteiger partial charge in [0.1, 0.15) is 24.1 Å². The standard InChI is InChI=1S/C17H20F2N4O3/c1-23(14-6-13(20)21-7-22-14)12-5-9(16(25)17(12)26)15(24)8-2-3-10(18)11(19)4-8/h2-4,6-7,9,12,15-17,24-26H,5H2,1H3,(H2,20,21,22)/t9-,12+,15+,16+,17-/m0/s1. The van der Waals surface area contributed by atoms with Crippen LogP contribution in [0.2, 0.25) is 0 Å². The molecule has 5 atom stereocenters. The van der Waals surface area contributed by atoms with Crippen molar-refractivity contribution in [2.45, 2.75) is 30.8 Å². The minimum Gasteiger partial charge on any atom is -0.390 e. The molecule has 0 bridgehead atoms. The van der Waals surface area contributed by atoms with Crippen LogP contribution in [-0.4, -0.2) is 50.6 Å². The maximum Gasteiger partial charge on any atom is 0.159 e. The quantitative estimate of drug-likeness (QED) is 0.627. The van der Waals surface area contributed by atoms with Crippen molar-refractivity contribution < 1.29 is 24.1 Å². The van der Waals surface area contributed by atoms with E-state index in [-0.39, 0.29) is 17.8 Å². The van der Waals surface area contributed by atoms with Gasteiger partial charge in [0.25, 0.3) is 0 Å². The number of likely N-dealkylation sites (N-methyl/N-ethyl adjacent to an activating group) is 1. The SMILES string of the molecule is CN(c1cc(N)ncn1)[C@@H]1C[C@@H]([C@H](O)c2ccc(F)c(F)c2)[C@@H](O)[C@H]1O. The number of nitrogens with zero attached hydrogens (tertiary/aromatic N) is 3. The molecule has 3 rings (SSSR count). The maximum atomic E-state index is 13.4. The van der Waals surface area contributed by atoms with Gasteiger partial charge in [0.15, 0.2) is 11.6 Å². The highest BCUT2D eigenvalue weighted by Crippen LogP contribution is 2.39. The van der Waals surface area contributed by atoms with Gasteiger partial charge in [-0.25, -0.2) is 18.7 Å². The first-order valence-corrected chi connectivity index (χ1v) is 8.09. The van der Waals surface area contributed by atoms with Gasteiger partial charge in [0, 0.05) is 19.0 Å². The summed E-state index contributed by atoms with van der Waals surface area (Å²) in [6.45, 7) is 0. The van der Waals surface area contributed by atoms with Gasteiger partial charge in [-0.2, -0.15) is 0 Å². The summed E-state index contributed by atoms with van der Waals surface area (Å²) in [7, 11) is 1.68. The summed E-state index contributed by atoms with van der Waals surface area (Å²) in [6.07, 6.45) is -2.18. The van der Waals surface area contributed by atoms with Crippen molar-refractivity contribution in [3.8, 4) is 0 Å². The molecule has 1 heterocycles. The summed E-state index contributed by atoms with van der Waals surface area (Å²) in [5.74, 6) is -2.15. The number of hydrogen-bond donors (Lipinski definition) is 4. The average molecular weight is 366 g/mol. The second kappa shape index (κ2) is 7.10. The molecule has 7 nitrogen and oxygen atoms in total. The zero-order valence-electron chi connectivity index (χ0n) is 14.0. The fraction of sp³-hybridized carbons (Fsp3) is 0.412.